The third kappa shape index (κ3) is 2.19. The number of nitrogens with zero attached hydrogens (tertiary/aromatic N) is 1. The fourth-order valence-corrected chi connectivity index (χ4v) is 2.65. The molecule has 0 radical (unpaired) electrons. The van der Waals surface area contributed by atoms with Crippen LogP contribution in [0.25, 0.3) is 0 Å². The maximum atomic E-state index is 11.2. The van der Waals surface area contributed by atoms with Crippen molar-refractivity contribution < 1.29 is 9.90 Å². The molecule has 0 saturated carbocycles. The van der Waals surface area contributed by atoms with Gasteiger partial charge >= 0.3 is 5.97 Å². The maximum absolute atomic E-state index is 11.2. The molecule has 0 aliphatic heterocycles. The number of aromatic nitrogens is 1. The summed E-state index contributed by atoms with van der Waals surface area (Å²) in [6.07, 6.45) is 5.25. The summed E-state index contributed by atoms with van der Waals surface area (Å²) in [5, 5.41) is 9.19. The zero-order valence-electron chi connectivity index (χ0n) is 10.7. The van der Waals surface area contributed by atoms with Crippen molar-refractivity contribution in [2.45, 2.75) is 46.5 Å². The van der Waals surface area contributed by atoms with Gasteiger partial charge in [-0.25, -0.2) is 4.79 Å². The number of rotatable bonds is 2. The summed E-state index contributed by atoms with van der Waals surface area (Å²) in [5.41, 5.74) is 3.92. The number of hydrogen-bond acceptors (Lipinski definition) is 2. The summed E-state index contributed by atoms with van der Waals surface area (Å²) >= 11 is 0. The van der Waals surface area contributed by atoms with Crippen molar-refractivity contribution in [1.82, 2.24) is 4.98 Å². The third-order valence-corrected chi connectivity index (χ3v) is 3.66. The molecule has 1 aliphatic rings. The number of aromatic carboxylic acids is 1. The van der Waals surface area contributed by atoms with E-state index in [-0.39, 0.29) is 5.41 Å². The van der Waals surface area contributed by atoms with Gasteiger partial charge in [-0.15, -0.1) is 0 Å². The second-order valence-corrected chi connectivity index (χ2v) is 5.58. The molecule has 0 spiro atoms. The van der Waals surface area contributed by atoms with Crippen molar-refractivity contribution in [1.29, 1.82) is 0 Å². The Balaban J connectivity index is 2.57. The second-order valence-electron chi connectivity index (χ2n) is 5.58. The average Bonchev–Trinajstić information content (AvgIpc) is 2.26. The van der Waals surface area contributed by atoms with Crippen LogP contribution in [0.1, 0.15) is 54.4 Å². The summed E-state index contributed by atoms with van der Waals surface area (Å²) in [6.45, 7) is 6.55. The molecule has 3 heteroatoms. The minimum Gasteiger partial charge on any atom is -0.478 e. The van der Waals surface area contributed by atoms with Crippen LogP contribution < -0.4 is 0 Å². The minimum absolute atomic E-state index is 0.260. The first-order chi connectivity index (χ1) is 7.94. The molecule has 0 aromatic carbocycles. The Labute approximate surface area is 102 Å². The molecule has 0 unspecified atom stereocenters. The Hall–Kier alpha value is -1.38. The molecule has 0 fully saturated rings. The van der Waals surface area contributed by atoms with Gasteiger partial charge in [-0.3, -0.25) is 4.98 Å². The minimum atomic E-state index is -0.851. The first kappa shape index (κ1) is 12.1. The molecular formula is C14H19NO2. The van der Waals surface area contributed by atoms with Gasteiger partial charge < -0.3 is 5.11 Å². The van der Waals surface area contributed by atoms with Gasteiger partial charge in [-0.05, 0) is 42.2 Å². The molecule has 0 amide bonds. The van der Waals surface area contributed by atoms with Crippen molar-refractivity contribution in [3.63, 3.8) is 0 Å². The van der Waals surface area contributed by atoms with Gasteiger partial charge in [0.05, 0.1) is 5.56 Å². The van der Waals surface area contributed by atoms with Crippen LogP contribution in [0.2, 0.25) is 0 Å². The lowest BCUT2D eigenvalue weighted by atomic mass is 9.73. The van der Waals surface area contributed by atoms with Gasteiger partial charge in [0.15, 0.2) is 0 Å². The largest absolute Gasteiger partial charge is 0.478 e. The lowest BCUT2D eigenvalue weighted by Gasteiger charge is -2.32. The fourth-order valence-electron chi connectivity index (χ4n) is 2.65. The van der Waals surface area contributed by atoms with Crippen molar-refractivity contribution >= 4 is 5.97 Å². The molecule has 0 atom stereocenters. The third-order valence-electron chi connectivity index (χ3n) is 3.66. The Morgan fingerprint density at radius 2 is 2.18 bits per heavy atom. The second kappa shape index (κ2) is 4.13. The zero-order chi connectivity index (χ0) is 12.6. The van der Waals surface area contributed by atoms with Gasteiger partial charge in [0.25, 0.3) is 0 Å². The maximum Gasteiger partial charge on any atom is 0.337 e. The highest BCUT2D eigenvalue weighted by Gasteiger charge is 2.30. The SMILES string of the molecule is CCc1ncc(C(=O)O)c2c1CC(C)(C)CC2. The van der Waals surface area contributed by atoms with Crippen LogP contribution in [-0.4, -0.2) is 16.1 Å². The fraction of sp³-hybridized carbons (Fsp3) is 0.571. The predicted octanol–water partition coefficient (Wildman–Crippen LogP) is 2.86. The Bertz CT molecular complexity index is 464. The normalized spacial score (nSPS) is 17.6. The van der Waals surface area contributed by atoms with E-state index < -0.39 is 5.97 Å². The van der Waals surface area contributed by atoms with E-state index in [2.05, 4.69) is 25.8 Å². The van der Waals surface area contributed by atoms with Crippen molar-refractivity contribution in [3.05, 3.63) is 28.6 Å². The highest BCUT2D eigenvalue weighted by molar-refractivity contribution is 5.89. The Kier molecular flexibility index (Phi) is 2.94. The number of hydrogen-bond donors (Lipinski definition) is 1. The van der Waals surface area contributed by atoms with Gasteiger partial charge in [0.2, 0.25) is 0 Å². The Morgan fingerprint density at radius 1 is 1.47 bits per heavy atom. The quantitative estimate of drug-likeness (QED) is 0.854. The first-order valence-electron chi connectivity index (χ1n) is 6.17. The number of fused-ring (bicyclic) bond motifs is 1. The number of pyridine rings is 1. The smallest absolute Gasteiger partial charge is 0.337 e. The topological polar surface area (TPSA) is 50.2 Å². The molecular weight excluding hydrogens is 214 g/mol. The summed E-state index contributed by atoms with van der Waals surface area (Å²) in [7, 11) is 0. The molecule has 1 heterocycles. The highest BCUT2D eigenvalue weighted by Crippen LogP contribution is 2.37. The van der Waals surface area contributed by atoms with Gasteiger partial charge in [0.1, 0.15) is 0 Å². The molecule has 92 valence electrons. The standard InChI is InChI=1S/C14H19NO2/c1-4-12-10-7-14(2,3)6-5-9(10)11(8-15-12)13(16)17/h8H,4-7H2,1-3H3,(H,16,17). The average molecular weight is 233 g/mol. The van der Waals surface area contributed by atoms with E-state index in [0.717, 1.165) is 36.9 Å². The summed E-state index contributed by atoms with van der Waals surface area (Å²) in [4.78, 5) is 15.5. The molecule has 2 rings (SSSR count). The van der Waals surface area contributed by atoms with E-state index in [0.29, 0.717) is 5.56 Å². The van der Waals surface area contributed by atoms with Crippen LogP contribution >= 0.6 is 0 Å². The van der Waals surface area contributed by atoms with Gasteiger partial charge in [0, 0.05) is 11.9 Å². The molecule has 3 nitrogen and oxygen atoms in total. The van der Waals surface area contributed by atoms with Gasteiger partial charge in [-0.1, -0.05) is 20.8 Å². The number of carboxylic acids is 1. The van der Waals surface area contributed by atoms with E-state index in [9.17, 15) is 9.90 Å². The lowest BCUT2D eigenvalue weighted by molar-refractivity contribution is 0.0694. The van der Waals surface area contributed by atoms with Crippen molar-refractivity contribution in [3.8, 4) is 0 Å². The molecule has 1 N–H and O–H groups in total. The summed E-state index contributed by atoms with van der Waals surface area (Å²) < 4.78 is 0. The number of carbonyl (C=O) groups is 1. The first-order valence-corrected chi connectivity index (χ1v) is 6.17. The van der Waals surface area contributed by atoms with E-state index in [1.807, 2.05) is 0 Å². The molecule has 0 saturated heterocycles. The van der Waals surface area contributed by atoms with E-state index in [1.54, 1.807) is 0 Å². The molecule has 0 bridgehead atoms. The number of carboxylic acid groups (broad SMARTS) is 1. The molecule has 17 heavy (non-hydrogen) atoms. The molecule has 1 aliphatic carbocycles. The van der Waals surface area contributed by atoms with E-state index in [4.69, 9.17) is 0 Å². The molecule has 1 aromatic rings. The zero-order valence-corrected chi connectivity index (χ0v) is 10.7. The lowest BCUT2D eigenvalue weighted by Crippen LogP contribution is -2.25. The van der Waals surface area contributed by atoms with Crippen molar-refractivity contribution in [2.24, 2.45) is 5.41 Å². The summed E-state index contributed by atoms with van der Waals surface area (Å²) in [5.74, 6) is -0.851. The van der Waals surface area contributed by atoms with E-state index in [1.165, 1.54) is 11.8 Å². The Morgan fingerprint density at radius 3 is 2.76 bits per heavy atom. The van der Waals surface area contributed by atoms with Crippen LogP contribution in [0.4, 0.5) is 0 Å². The van der Waals surface area contributed by atoms with Crippen molar-refractivity contribution in [2.75, 3.05) is 0 Å². The van der Waals surface area contributed by atoms with Crippen LogP contribution in [0.5, 0.6) is 0 Å². The predicted molar refractivity (Wildman–Crippen MR) is 66.4 cm³/mol. The number of aryl methyl sites for hydroxylation is 1. The van der Waals surface area contributed by atoms with Crippen LogP contribution in [-0.2, 0) is 19.3 Å². The summed E-state index contributed by atoms with van der Waals surface area (Å²) in [6, 6.07) is 0. The van der Waals surface area contributed by atoms with Crippen LogP contribution in [0, 0.1) is 5.41 Å². The monoisotopic (exact) mass is 233 g/mol. The van der Waals surface area contributed by atoms with Crippen LogP contribution in [0.15, 0.2) is 6.20 Å². The van der Waals surface area contributed by atoms with E-state index >= 15 is 0 Å². The van der Waals surface area contributed by atoms with Gasteiger partial charge in [-0.2, -0.15) is 0 Å². The molecule has 1 aromatic heterocycles. The highest BCUT2D eigenvalue weighted by atomic mass is 16.4. The van der Waals surface area contributed by atoms with Crippen LogP contribution in [0.3, 0.4) is 0 Å².